The molecule has 2 bridgehead atoms. The second-order valence-corrected chi connectivity index (χ2v) is 7.83. The Bertz CT molecular complexity index is 570. The van der Waals surface area contributed by atoms with E-state index in [9.17, 15) is 8.42 Å². The van der Waals surface area contributed by atoms with Crippen molar-refractivity contribution in [1.82, 2.24) is 14.6 Å². The summed E-state index contributed by atoms with van der Waals surface area (Å²) in [4.78, 5) is 6.46. The zero-order valence-electron chi connectivity index (χ0n) is 10.4. The van der Waals surface area contributed by atoms with Crippen LogP contribution in [0.5, 0.6) is 0 Å². The van der Waals surface area contributed by atoms with E-state index in [1.54, 1.807) is 12.3 Å². The maximum atomic E-state index is 12.3. The van der Waals surface area contributed by atoms with Crippen LogP contribution in [0.15, 0.2) is 27.8 Å². The van der Waals surface area contributed by atoms with Crippen molar-refractivity contribution in [3.63, 3.8) is 0 Å². The Morgan fingerprint density at radius 3 is 2.63 bits per heavy atom. The second kappa shape index (κ2) is 5.12. The molecule has 0 radical (unpaired) electrons. The lowest BCUT2D eigenvalue weighted by atomic mass is 9.85. The summed E-state index contributed by atoms with van der Waals surface area (Å²) in [7, 11) is -3.47. The van der Waals surface area contributed by atoms with Gasteiger partial charge in [0.05, 0.1) is 0 Å². The molecule has 0 aromatic carbocycles. The third-order valence-corrected chi connectivity index (χ3v) is 5.84. The zero-order chi connectivity index (χ0) is 13.5. The van der Waals surface area contributed by atoms with Gasteiger partial charge in [0, 0.05) is 29.5 Å². The number of nitrogens with zero attached hydrogens (tertiary/aromatic N) is 2. The van der Waals surface area contributed by atoms with Gasteiger partial charge < -0.3 is 4.90 Å². The molecule has 7 heteroatoms. The highest BCUT2D eigenvalue weighted by molar-refractivity contribution is 9.10. The summed E-state index contributed by atoms with van der Waals surface area (Å²) in [5.41, 5.74) is 0. The van der Waals surface area contributed by atoms with Crippen molar-refractivity contribution in [2.75, 3.05) is 19.6 Å². The average Bonchev–Trinajstić information content (AvgIpc) is 2.39. The van der Waals surface area contributed by atoms with Gasteiger partial charge in [-0.1, -0.05) is 0 Å². The summed E-state index contributed by atoms with van der Waals surface area (Å²) in [5.74, 6) is 0.472. The molecule has 4 heterocycles. The molecule has 0 saturated carbocycles. The Balaban J connectivity index is 1.79. The van der Waals surface area contributed by atoms with Crippen LogP contribution in [0.25, 0.3) is 0 Å². The molecule has 3 saturated heterocycles. The summed E-state index contributed by atoms with van der Waals surface area (Å²) in [6.45, 7) is 3.02. The quantitative estimate of drug-likeness (QED) is 0.894. The molecule has 1 N–H and O–H groups in total. The fourth-order valence-corrected chi connectivity index (χ4v) is 4.71. The van der Waals surface area contributed by atoms with Crippen molar-refractivity contribution in [1.29, 1.82) is 0 Å². The topological polar surface area (TPSA) is 62.3 Å². The summed E-state index contributed by atoms with van der Waals surface area (Å²) in [5, 5.41) is 0. The van der Waals surface area contributed by atoms with Crippen LogP contribution in [-0.4, -0.2) is 44.0 Å². The summed E-state index contributed by atoms with van der Waals surface area (Å²) < 4.78 is 28.2. The van der Waals surface area contributed by atoms with Crippen LogP contribution in [0.1, 0.15) is 12.8 Å². The summed E-state index contributed by atoms with van der Waals surface area (Å²) in [6, 6.07) is 1.61. The Morgan fingerprint density at radius 1 is 1.32 bits per heavy atom. The molecule has 3 aliphatic heterocycles. The van der Waals surface area contributed by atoms with Gasteiger partial charge in [-0.25, -0.2) is 13.1 Å². The van der Waals surface area contributed by atoms with E-state index in [4.69, 9.17) is 0 Å². The number of rotatable bonds is 3. The van der Waals surface area contributed by atoms with E-state index in [2.05, 4.69) is 30.5 Å². The monoisotopic (exact) mass is 345 g/mol. The van der Waals surface area contributed by atoms with E-state index in [1.165, 1.54) is 6.20 Å². The van der Waals surface area contributed by atoms with Gasteiger partial charge in [-0.2, -0.15) is 0 Å². The van der Waals surface area contributed by atoms with E-state index in [-0.39, 0.29) is 10.9 Å². The SMILES string of the molecule is O=S(=O)(NC1CN2CCC1CC2)c1cncc(Br)c1. The van der Waals surface area contributed by atoms with Gasteiger partial charge in [-0.3, -0.25) is 4.98 Å². The highest BCUT2D eigenvalue weighted by Crippen LogP contribution is 2.28. The normalized spacial score (nSPS) is 30.5. The van der Waals surface area contributed by atoms with E-state index < -0.39 is 10.0 Å². The third-order valence-electron chi connectivity index (χ3n) is 3.95. The van der Waals surface area contributed by atoms with Gasteiger partial charge >= 0.3 is 0 Å². The largest absolute Gasteiger partial charge is 0.302 e. The standard InChI is InChI=1S/C12H16BrN3O2S/c13-10-5-11(7-14-6-10)19(17,18)15-12-8-16-3-1-9(12)2-4-16/h5-7,9,12,15H,1-4,8H2. The first-order valence-corrected chi connectivity index (χ1v) is 8.67. The van der Waals surface area contributed by atoms with Gasteiger partial charge in [-0.15, -0.1) is 0 Å². The minimum Gasteiger partial charge on any atom is -0.302 e. The molecule has 1 unspecified atom stereocenters. The lowest BCUT2D eigenvalue weighted by molar-refractivity contribution is 0.0827. The molecule has 1 atom stereocenters. The van der Waals surface area contributed by atoms with E-state index in [1.807, 2.05) is 0 Å². The fourth-order valence-electron chi connectivity index (χ4n) is 2.91. The van der Waals surface area contributed by atoms with Crippen molar-refractivity contribution < 1.29 is 8.42 Å². The van der Waals surface area contributed by atoms with Crippen molar-refractivity contribution >= 4 is 26.0 Å². The van der Waals surface area contributed by atoms with E-state index in [0.29, 0.717) is 10.4 Å². The predicted molar refractivity (Wildman–Crippen MR) is 75.2 cm³/mol. The highest BCUT2D eigenvalue weighted by atomic mass is 79.9. The second-order valence-electron chi connectivity index (χ2n) is 5.20. The summed E-state index contributed by atoms with van der Waals surface area (Å²) in [6.07, 6.45) is 5.13. The fraction of sp³-hybridized carbons (Fsp3) is 0.583. The lowest BCUT2D eigenvalue weighted by Crippen LogP contribution is -2.57. The number of nitrogens with one attached hydrogen (secondary N) is 1. The van der Waals surface area contributed by atoms with Crippen LogP contribution < -0.4 is 4.72 Å². The van der Waals surface area contributed by atoms with Gasteiger partial charge in [0.25, 0.3) is 0 Å². The van der Waals surface area contributed by atoms with Crippen molar-refractivity contribution in [3.8, 4) is 0 Å². The maximum Gasteiger partial charge on any atom is 0.242 e. The van der Waals surface area contributed by atoms with Crippen molar-refractivity contribution in [3.05, 3.63) is 22.9 Å². The van der Waals surface area contributed by atoms with Gasteiger partial charge in [0.15, 0.2) is 0 Å². The van der Waals surface area contributed by atoms with E-state index >= 15 is 0 Å². The molecular weight excluding hydrogens is 330 g/mol. The number of pyridine rings is 1. The van der Waals surface area contributed by atoms with Crippen LogP contribution in [0.3, 0.4) is 0 Å². The molecule has 104 valence electrons. The highest BCUT2D eigenvalue weighted by Gasteiger charge is 2.36. The van der Waals surface area contributed by atoms with E-state index in [0.717, 1.165) is 32.5 Å². The number of aromatic nitrogens is 1. The van der Waals surface area contributed by atoms with Crippen molar-refractivity contribution in [2.45, 2.75) is 23.8 Å². The van der Waals surface area contributed by atoms with Crippen LogP contribution in [-0.2, 0) is 10.0 Å². The number of fused-ring (bicyclic) bond motifs is 3. The van der Waals surface area contributed by atoms with Gasteiger partial charge in [0.1, 0.15) is 4.90 Å². The predicted octanol–water partition coefficient (Wildman–Crippen LogP) is 1.22. The van der Waals surface area contributed by atoms with Crippen LogP contribution in [0.4, 0.5) is 0 Å². The zero-order valence-corrected chi connectivity index (χ0v) is 12.8. The molecule has 19 heavy (non-hydrogen) atoms. The molecule has 0 aliphatic carbocycles. The number of halogens is 1. The summed E-state index contributed by atoms with van der Waals surface area (Å²) >= 11 is 3.25. The first kappa shape index (κ1) is 13.5. The molecule has 0 amide bonds. The van der Waals surface area contributed by atoms with Crippen LogP contribution >= 0.6 is 15.9 Å². The minimum absolute atomic E-state index is 0.0338. The average molecular weight is 346 g/mol. The maximum absolute atomic E-state index is 12.3. The Kier molecular flexibility index (Phi) is 3.63. The number of sulfonamides is 1. The molecule has 1 aromatic rings. The van der Waals surface area contributed by atoms with Gasteiger partial charge in [0.2, 0.25) is 10.0 Å². The Labute approximate surface area is 121 Å². The molecule has 5 nitrogen and oxygen atoms in total. The Hall–Kier alpha value is -0.500. The molecule has 3 aliphatic rings. The van der Waals surface area contributed by atoms with Crippen LogP contribution in [0, 0.1) is 5.92 Å². The number of hydrogen-bond acceptors (Lipinski definition) is 4. The number of piperidine rings is 3. The van der Waals surface area contributed by atoms with Gasteiger partial charge in [-0.05, 0) is 53.8 Å². The molecular formula is C12H16BrN3O2S. The first-order chi connectivity index (χ1) is 9.04. The Morgan fingerprint density at radius 2 is 2.05 bits per heavy atom. The molecule has 4 rings (SSSR count). The first-order valence-electron chi connectivity index (χ1n) is 6.40. The lowest BCUT2D eigenvalue weighted by Gasteiger charge is -2.44. The molecule has 0 spiro atoms. The molecule has 3 fully saturated rings. The molecule has 1 aromatic heterocycles. The third kappa shape index (κ3) is 2.84. The van der Waals surface area contributed by atoms with Crippen molar-refractivity contribution in [2.24, 2.45) is 5.92 Å². The number of hydrogen-bond donors (Lipinski definition) is 1. The minimum atomic E-state index is -3.47. The van der Waals surface area contributed by atoms with Crippen LogP contribution in [0.2, 0.25) is 0 Å². The smallest absolute Gasteiger partial charge is 0.242 e.